The van der Waals surface area contributed by atoms with E-state index in [0.29, 0.717) is 43.2 Å². The highest BCUT2D eigenvalue weighted by atomic mass is 35.5. The summed E-state index contributed by atoms with van der Waals surface area (Å²) in [4.78, 5) is 39.3. The van der Waals surface area contributed by atoms with Crippen LogP contribution >= 0.6 is 23.2 Å². The highest BCUT2D eigenvalue weighted by Crippen LogP contribution is 2.32. The SMILES string of the molecule is Cc1c(Cl)cccc1NC(=O)C(C)OC(=O)c1c(-c2ccc(Cl)cc2)c2ccccc2c(=O)n1C. The van der Waals surface area contributed by atoms with Gasteiger partial charge in [0.05, 0.1) is 0 Å². The van der Waals surface area contributed by atoms with Crippen LogP contribution in [0.1, 0.15) is 23.0 Å². The molecular formula is C27H22Cl2N2O4. The third-order valence-corrected chi connectivity index (χ3v) is 6.47. The topological polar surface area (TPSA) is 77.4 Å². The molecule has 4 aromatic rings. The van der Waals surface area contributed by atoms with E-state index in [1.54, 1.807) is 73.7 Å². The molecular weight excluding hydrogens is 487 g/mol. The van der Waals surface area contributed by atoms with E-state index in [9.17, 15) is 14.4 Å². The van der Waals surface area contributed by atoms with Gasteiger partial charge in [-0.15, -0.1) is 0 Å². The lowest BCUT2D eigenvalue weighted by atomic mass is 9.96. The van der Waals surface area contributed by atoms with Crippen LogP contribution in [0.3, 0.4) is 0 Å². The summed E-state index contributed by atoms with van der Waals surface area (Å²) in [5, 5.41) is 4.82. The van der Waals surface area contributed by atoms with Crippen LogP contribution in [0.5, 0.6) is 0 Å². The van der Waals surface area contributed by atoms with E-state index in [-0.39, 0.29) is 11.3 Å². The Labute approximate surface area is 212 Å². The van der Waals surface area contributed by atoms with Crippen molar-refractivity contribution in [2.45, 2.75) is 20.0 Å². The van der Waals surface area contributed by atoms with E-state index in [4.69, 9.17) is 27.9 Å². The number of anilines is 1. The van der Waals surface area contributed by atoms with Crippen LogP contribution in [-0.4, -0.2) is 22.5 Å². The number of ether oxygens (including phenoxy) is 1. The summed E-state index contributed by atoms with van der Waals surface area (Å²) < 4.78 is 6.79. The maximum Gasteiger partial charge on any atom is 0.356 e. The van der Waals surface area contributed by atoms with E-state index in [2.05, 4.69) is 5.32 Å². The maximum atomic E-state index is 13.4. The molecule has 6 nitrogen and oxygen atoms in total. The molecule has 0 radical (unpaired) electrons. The first-order valence-corrected chi connectivity index (χ1v) is 11.6. The molecule has 178 valence electrons. The Bertz CT molecular complexity index is 1510. The second-order valence-electron chi connectivity index (χ2n) is 8.09. The Morgan fingerprint density at radius 3 is 2.29 bits per heavy atom. The van der Waals surface area contributed by atoms with E-state index in [0.717, 1.165) is 0 Å². The monoisotopic (exact) mass is 508 g/mol. The summed E-state index contributed by atoms with van der Waals surface area (Å²) >= 11 is 12.2. The Morgan fingerprint density at radius 1 is 0.943 bits per heavy atom. The molecule has 1 unspecified atom stereocenters. The van der Waals surface area contributed by atoms with Crippen LogP contribution in [0.15, 0.2) is 71.5 Å². The van der Waals surface area contributed by atoms with Gasteiger partial charge in [-0.25, -0.2) is 4.79 Å². The van der Waals surface area contributed by atoms with E-state index < -0.39 is 18.0 Å². The Balaban J connectivity index is 1.74. The van der Waals surface area contributed by atoms with Crippen LogP contribution in [0.25, 0.3) is 21.9 Å². The number of nitrogens with one attached hydrogen (secondary N) is 1. The molecule has 1 amide bonds. The molecule has 1 atom stereocenters. The first kappa shape index (κ1) is 24.5. The number of carbonyl (C=O) groups excluding carboxylic acids is 2. The minimum absolute atomic E-state index is 0.0367. The number of fused-ring (bicyclic) bond motifs is 1. The number of aromatic nitrogens is 1. The summed E-state index contributed by atoms with van der Waals surface area (Å²) in [6.07, 6.45) is -1.14. The Hall–Kier alpha value is -3.61. The van der Waals surface area contributed by atoms with Crippen molar-refractivity contribution in [1.82, 2.24) is 4.57 Å². The normalized spacial score (nSPS) is 11.8. The first-order valence-electron chi connectivity index (χ1n) is 10.8. The second kappa shape index (κ2) is 9.94. The molecule has 3 aromatic carbocycles. The summed E-state index contributed by atoms with van der Waals surface area (Å²) in [7, 11) is 1.50. The molecule has 0 fully saturated rings. The molecule has 0 saturated heterocycles. The zero-order valence-electron chi connectivity index (χ0n) is 19.3. The lowest BCUT2D eigenvalue weighted by Crippen LogP contribution is -2.33. The fourth-order valence-electron chi connectivity index (χ4n) is 3.86. The Morgan fingerprint density at radius 2 is 1.60 bits per heavy atom. The fourth-order valence-corrected chi connectivity index (χ4v) is 4.16. The first-order chi connectivity index (χ1) is 16.7. The van der Waals surface area contributed by atoms with Crippen molar-refractivity contribution in [2.24, 2.45) is 7.05 Å². The van der Waals surface area contributed by atoms with Gasteiger partial charge in [0.2, 0.25) is 0 Å². The van der Waals surface area contributed by atoms with Gasteiger partial charge in [0.15, 0.2) is 6.10 Å². The molecule has 4 rings (SSSR count). The van der Waals surface area contributed by atoms with Crippen molar-refractivity contribution in [2.75, 3.05) is 5.32 Å². The highest BCUT2D eigenvalue weighted by molar-refractivity contribution is 6.31. The number of hydrogen-bond donors (Lipinski definition) is 1. The molecule has 0 aliphatic heterocycles. The molecule has 0 saturated carbocycles. The molecule has 8 heteroatoms. The predicted molar refractivity (Wildman–Crippen MR) is 139 cm³/mol. The van der Waals surface area contributed by atoms with E-state index in [1.807, 2.05) is 0 Å². The zero-order chi connectivity index (χ0) is 25.3. The molecule has 1 N–H and O–H groups in total. The Kier molecular flexibility index (Phi) is 6.96. The molecule has 1 heterocycles. The van der Waals surface area contributed by atoms with Crippen molar-refractivity contribution in [3.8, 4) is 11.1 Å². The highest BCUT2D eigenvalue weighted by Gasteiger charge is 2.26. The van der Waals surface area contributed by atoms with Gasteiger partial charge in [0, 0.05) is 33.7 Å². The van der Waals surface area contributed by atoms with Crippen molar-refractivity contribution in [3.63, 3.8) is 0 Å². The lowest BCUT2D eigenvalue weighted by Gasteiger charge is -2.19. The number of nitrogens with zero attached hydrogens (tertiary/aromatic N) is 1. The number of amides is 1. The number of hydrogen-bond acceptors (Lipinski definition) is 4. The zero-order valence-corrected chi connectivity index (χ0v) is 20.8. The standard InChI is InChI=1S/C27H22Cl2N2O4/c1-15-21(29)9-6-10-22(15)30-25(32)16(2)35-27(34)24-23(17-11-13-18(28)14-12-17)19-7-4-5-8-20(19)26(33)31(24)3/h4-14,16H,1-3H3,(H,30,32). The quantitative estimate of drug-likeness (QED) is 0.335. The van der Waals surface area contributed by atoms with Crippen molar-refractivity contribution < 1.29 is 14.3 Å². The van der Waals surface area contributed by atoms with Crippen LogP contribution in [0.2, 0.25) is 10.0 Å². The lowest BCUT2D eigenvalue weighted by molar-refractivity contribution is -0.123. The minimum atomic E-state index is -1.14. The van der Waals surface area contributed by atoms with Gasteiger partial charge in [-0.3, -0.25) is 9.59 Å². The van der Waals surface area contributed by atoms with Crippen LogP contribution in [0.4, 0.5) is 5.69 Å². The van der Waals surface area contributed by atoms with Gasteiger partial charge >= 0.3 is 5.97 Å². The summed E-state index contributed by atoms with van der Waals surface area (Å²) in [6.45, 7) is 3.24. The number of carbonyl (C=O) groups is 2. The third kappa shape index (κ3) is 4.81. The van der Waals surface area contributed by atoms with E-state index >= 15 is 0 Å². The second-order valence-corrected chi connectivity index (χ2v) is 8.93. The van der Waals surface area contributed by atoms with E-state index in [1.165, 1.54) is 18.5 Å². The number of rotatable bonds is 5. The molecule has 0 aliphatic rings. The summed E-state index contributed by atoms with van der Waals surface area (Å²) in [5.74, 6) is -1.33. The third-order valence-electron chi connectivity index (χ3n) is 5.81. The van der Waals surface area contributed by atoms with Crippen molar-refractivity contribution >= 4 is 51.5 Å². The predicted octanol–water partition coefficient (Wildman–Crippen LogP) is 6.00. The average molecular weight is 509 g/mol. The molecule has 35 heavy (non-hydrogen) atoms. The largest absolute Gasteiger partial charge is 0.448 e. The van der Waals surface area contributed by atoms with Crippen molar-refractivity contribution in [3.05, 3.63) is 98.4 Å². The van der Waals surface area contributed by atoms with Gasteiger partial charge in [0.1, 0.15) is 5.69 Å². The molecule has 0 aliphatic carbocycles. The van der Waals surface area contributed by atoms with Gasteiger partial charge in [-0.2, -0.15) is 0 Å². The maximum absolute atomic E-state index is 13.4. The van der Waals surface area contributed by atoms with Crippen LogP contribution in [-0.2, 0) is 16.6 Å². The summed E-state index contributed by atoms with van der Waals surface area (Å²) in [6, 6.07) is 19.1. The molecule has 0 bridgehead atoms. The molecule has 1 aromatic heterocycles. The number of pyridine rings is 1. The number of halogens is 2. The number of benzene rings is 3. The van der Waals surface area contributed by atoms with Gasteiger partial charge in [-0.05, 0) is 60.7 Å². The van der Waals surface area contributed by atoms with Gasteiger partial charge in [0.25, 0.3) is 11.5 Å². The van der Waals surface area contributed by atoms with Crippen LogP contribution < -0.4 is 10.9 Å². The minimum Gasteiger partial charge on any atom is -0.448 e. The number of esters is 1. The average Bonchev–Trinajstić information content (AvgIpc) is 2.84. The van der Waals surface area contributed by atoms with Crippen LogP contribution in [0, 0.1) is 6.92 Å². The van der Waals surface area contributed by atoms with Gasteiger partial charge < -0.3 is 14.6 Å². The van der Waals surface area contributed by atoms with Gasteiger partial charge in [-0.1, -0.05) is 59.6 Å². The summed E-state index contributed by atoms with van der Waals surface area (Å²) in [5.41, 5.74) is 2.10. The molecule has 0 spiro atoms. The van der Waals surface area contributed by atoms with Crippen molar-refractivity contribution in [1.29, 1.82) is 0 Å². The fraction of sp³-hybridized carbons (Fsp3) is 0.148. The smallest absolute Gasteiger partial charge is 0.356 e.